The first-order valence-corrected chi connectivity index (χ1v) is 10.8. The highest BCUT2D eigenvalue weighted by Gasteiger charge is 2.22. The Morgan fingerprint density at radius 3 is 1.52 bits per heavy atom. The minimum atomic E-state index is 0. The van der Waals surface area contributed by atoms with Gasteiger partial charge in [0.2, 0.25) is 0 Å². The number of likely N-dealkylation sites (tertiary alicyclic amines) is 1. The van der Waals surface area contributed by atoms with Crippen molar-refractivity contribution in [3.63, 3.8) is 0 Å². The maximum Gasteiger partial charge on any atom is 0.0110 e. The van der Waals surface area contributed by atoms with E-state index < -0.39 is 0 Å². The molecule has 3 aliphatic rings. The van der Waals surface area contributed by atoms with Crippen LogP contribution in [0.15, 0.2) is 0 Å². The van der Waals surface area contributed by atoms with Crippen LogP contribution < -0.4 is 0 Å². The molecular weight excluding hydrogens is 351 g/mol. The molecule has 1 saturated heterocycles. The zero-order valence-electron chi connectivity index (χ0n) is 16.3. The molecule has 0 aromatic carbocycles. The Kier molecular flexibility index (Phi) is 12.8. The summed E-state index contributed by atoms with van der Waals surface area (Å²) in [7, 11) is 0. The quantitative estimate of drug-likeness (QED) is 0.541. The Balaban J connectivity index is 0.00000156. The van der Waals surface area contributed by atoms with Gasteiger partial charge < -0.3 is 9.80 Å². The fourth-order valence-corrected chi connectivity index (χ4v) is 5.19. The number of hydrogen-bond acceptors (Lipinski definition) is 2. The van der Waals surface area contributed by atoms with Gasteiger partial charge in [-0.2, -0.15) is 0 Å². The van der Waals surface area contributed by atoms with Crippen molar-refractivity contribution in [3.8, 4) is 0 Å². The number of piperidine rings is 1. The Hall–Kier alpha value is 0.500. The van der Waals surface area contributed by atoms with E-state index >= 15 is 0 Å². The second-order valence-electron chi connectivity index (χ2n) is 8.67. The van der Waals surface area contributed by atoms with E-state index in [1.807, 2.05) is 0 Å². The van der Waals surface area contributed by atoms with E-state index in [1.54, 1.807) is 0 Å². The van der Waals surface area contributed by atoms with Crippen molar-refractivity contribution in [1.82, 2.24) is 9.80 Å². The minimum Gasteiger partial charge on any atom is -0.302 e. The van der Waals surface area contributed by atoms with Crippen molar-refractivity contribution >= 4 is 24.8 Å². The predicted octanol–water partition coefficient (Wildman–Crippen LogP) is 5.78. The van der Waals surface area contributed by atoms with Crippen LogP contribution >= 0.6 is 24.8 Å². The van der Waals surface area contributed by atoms with Gasteiger partial charge in [-0.3, -0.25) is 0 Å². The van der Waals surface area contributed by atoms with Crippen LogP contribution in [0.25, 0.3) is 0 Å². The molecule has 150 valence electrons. The maximum atomic E-state index is 2.89. The SMILES string of the molecule is C1CCC(CN(CCN2CCCCC2)CC2CCCCC2)CC1.Cl.Cl. The lowest BCUT2D eigenvalue weighted by Crippen LogP contribution is -2.42. The van der Waals surface area contributed by atoms with Crippen molar-refractivity contribution in [2.75, 3.05) is 39.3 Å². The van der Waals surface area contributed by atoms with E-state index in [0.29, 0.717) is 0 Å². The molecule has 25 heavy (non-hydrogen) atoms. The van der Waals surface area contributed by atoms with Gasteiger partial charge in [0.1, 0.15) is 0 Å². The van der Waals surface area contributed by atoms with Gasteiger partial charge in [-0.1, -0.05) is 44.9 Å². The summed E-state index contributed by atoms with van der Waals surface area (Å²) in [6.07, 6.45) is 19.3. The maximum absolute atomic E-state index is 2.89. The second-order valence-corrected chi connectivity index (χ2v) is 8.67. The van der Waals surface area contributed by atoms with E-state index in [9.17, 15) is 0 Å². The largest absolute Gasteiger partial charge is 0.302 e. The molecule has 1 aliphatic heterocycles. The Morgan fingerprint density at radius 2 is 1.04 bits per heavy atom. The molecule has 2 saturated carbocycles. The van der Waals surface area contributed by atoms with Gasteiger partial charge in [0.25, 0.3) is 0 Å². The van der Waals surface area contributed by atoms with E-state index in [0.717, 1.165) is 11.8 Å². The molecule has 2 nitrogen and oxygen atoms in total. The Morgan fingerprint density at radius 1 is 0.600 bits per heavy atom. The third kappa shape index (κ3) is 8.82. The molecule has 2 aliphatic carbocycles. The number of rotatable bonds is 7. The van der Waals surface area contributed by atoms with Gasteiger partial charge in [0, 0.05) is 26.2 Å². The van der Waals surface area contributed by atoms with Crippen LogP contribution in [0, 0.1) is 11.8 Å². The van der Waals surface area contributed by atoms with E-state index in [4.69, 9.17) is 0 Å². The molecule has 0 radical (unpaired) electrons. The summed E-state index contributed by atoms with van der Waals surface area (Å²) >= 11 is 0. The first kappa shape index (κ1) is 23.5. The average Bonchev–Trinajstić information content (AvgIpc) is 2.62. The molecule has 0 N–H and O–H groups in total. The lowest BCUT2D eigenvalue weighted by Gasteiger charge is -2.35. The molecule has 0 unspecified atom stereocenters. The van der Waals surface area contributed by atoms with Crippen LogP contribution in [-0.2, 0) is 0 Å². The van der Waals surface area contributed by atoms with Gasteiger partial charge in [-0.05, 0) is 63.5 Å². The normalized spacial score (nSPS) is 23.9. The van der Waals surface area contributed by atoms with Crippen LogP contribution in [0.5, 0.6) is 0 Å². The van der Waals surface area contributed by atoms with Crippen molar-refractivity contribution in [2.24, 2.45) is 11.8 Å². The molecule has 0 spiro atoms. The molecule has 0 bridgehead atoms. The summed E-state index contributed by atoms with van der Waals surface area (Å²) in [5.74, 6) is 2.02. The smallest absolute Gasteiger partial charge is 0.0110 e. The third-order valence-corrected chi connectivity index (χ3v) is 6.66. The van der Waals surface area contributed by atoms with Crippen LogP contribution in [0.4, 0.5) is 0 Å². The second kappa shape index (κ2) is 13.6. The minimum absolute atomic E-state index is 0. The third-order valence-electron chi connectivity index (χ3n) is 6.66. The highest BCUT2D eigenvalue weighted by atomic mass is 35.5. The molecule has 4 heteroatoms. The summed E-state index contributed by atoms with van der Waals surface area (Å²) in [6.45, 7) is 8.21. The molecule has 1 heterocycles. The van der Waals surface area contributed by atoms with Crippen molar-refractivity contribution in [1.29, 1.82) is 0 Å². The molecule has 0 aromatic heterocycles. The van der Waals surface area contributed by atoms with Crippen LogP contribution in [0.1, 0.15) is 83.5 Å². The summed E-state index contributed by atoms with van der Waals surface area (Å²) in [4.78, 5) is 5.62. The summed E-state index contributed by atoms with van der Waals surface area (Å²) < 4.78 is 0. The lowest BCUT2D eigenvalue weighted by molar-refractivity contribution is 0.131. The van der Waals surface area contributed by atoms with Crippen molar-refractivity contribution in [3.05, 3.63) is 0 Å². The molecule has 3 rings (SSSR count). The Labute approximate surface area is 169 Å². The van der Waals surface area contributed by atoms with Gasteiger partial charge in [-0.25, -0.2) is 0 Å². The van der Waals surface area contributed by atoms with Gasteiger partial charge in [0.05, 0.1) is 0 Å². The van der Waals surface area contributed by atoms with Gasteiger partial charge >= 0.3 is 0 Å². The fraction of sp³-hybridized carbons (Fsp3) is 1.00. The average molecular weight is 393 g/mol. The molecule has 0 atom stereocenters. The van der Waals surface area contributed by atoms with Crippen LogP contribution in [0.2, 0.25) is 0 Å². The van der Waals surface area contributed by atoms with E-state index in [2.05, 4.69) is 9.80 Å². The zero-order chi connectivity index (χ0) is 15.7. The summed E-state index contributed by atoms with van der Waals surface area (Å²) in [5, 5.41) is 0. The zero-order valence-corrected chi connectivity index (χ0v) is 17.9. The highest BCUT2D eigenvalue weighted by molar-refractivity contribution is 5.85. The van der Waals surface area contributed by atoms with Crippen LogP contribution in [0.3, 0.4) is 0 Å². The van der Waals surface area contributed by atoms with Crippen molar-refractivity contribution < 1.29 is 0 Å². The first-order valence-electron chi connectivity index (χ1n) is 10.8. The topological polar surface area (TPSA) is 6.48 Å². The van der Waals surface area contributed by atoms with E-state index in [-0.39, 0.29) is 24.8 Å². The first-order chi connectivity index (χ1) is 11.4. The van der Waals surface area contributed by atoms with E-state index in [1.165, 1.54) is 123 Å². The monoisotopic (exact) mass is 392 g/mol. The molecular formula is C21H42Cl2N2. The Bertz CT molecular complexity index is 289. The lowest BCUT2D eigenvalue weighted by atomic mass is 9.87. The molecule has 0 aromatic rings. The van der Waals surface area contributed by atoms with Crippen LogP contribution in [-0.4, -0.2) is 49.1 Å². The van der Waals surface area contributed by atoms with Gasteiger partial charge in [-0.15, -0.1) is 24.8 Å². The number of nitrogens with zero attached hydrogens (tertiary/aromatic N) is 2. The summed E-state index contributed by atoms with van der Waals surface area (Å²) in [6, 6.07) is 0. The standard InChI is InChI=1S/C21H40N2.2ClH/c1-4-10-20(11-5-1)18-23(19-21-12-6-2-7-13-21)17-16-22-14-8-3-9-15-22;;/h20-21H,1-19H2;2*1H. The van der Waals surface area contributed by atoms with Gasteiger partial charge in [0.15, 0.2) is 0 Å². The highest BCUT2D eigenvalue weighted by Crippen LogP contribution is 2.27. The fourth-order valence-electron chi connectivity index (χ4n) is 5.19. The number of halogens is 2. The molecule has 0 amide bonds. The molecule has 3 fully saturated rings. The number of hydrogen-bond donors (Lipinski definition) is 0. The predicted molar refractivity (Wildman–Crippen MR) is 114 cm³/mol. The van der Waals surface area contributed by atoms with Crippen molar-refractivity contribution in [2.45, 2.75) is 83.5 Å². The summed E-state index contributed by atoms with van der Waals surface area (Å²) in [5.41, 5.74) is 0.